The van der Waals surface area contributed by atoms with Crippen LogP contribution in [0.1, 0.15) is 23.0 Å². The second-order valence-electron chi connectivity index (χ2n) is 8.33. The second kappa shape index (κ2) is 10.9. The number of carbonyl (C=O) groups is 1. The third kappa shape index (κ3) is 5.13. The van der Waals surface area contributed by atoms with Crippen molar-refractivity contribution in [1.82, 2.24) is 9.97 Å². The third-order valence-corrected chi connectivity index (χ3v) is 9.17. The predicted molar refractivity (Wildman–Crippen MR) is 152 cm³/mol. The number of pyridine rings is 1. The average Bonchev–Trinajstić information content (AvgIpc) is 3.38. The molecule has 7 nitrogen and oxygen atoms in total. The van der Waals surface area contributed by atoms with Gasteiger partial charge in [0, 0.05) is 18.3 Å². The number of hydrogen-bond donors (Lipinski definition) is 0. The molecule has 0 aliphatic heterocycles. The number of fused-ring (bicyclic) bond motifs is 1. The molecule has 0 unspecified atom stereocenters. The van der Waals surface area contributed by atoms with Gasteiger partial charge in [-0.25, -0.2) is 13.4 Å². The van der Waals surface area contributed by atoms with Gasteiger partial charge >= 0.3 is 0 Å². The van der Waals surface area contributed by atoms with Crippen molar-refractivity contribution in [1.29, 1.82) is 0 Å². The molecule has 5 rings (SSSR count). The van der Waals surface area contributed by atoms with Crippen molar-refractivity contribution in [2.24, 2.45) is 0 Å². The zero-order valence-corrected chi connectivity index (χ0v) is 22.7. The first-order valence-electron chi connectivity index (χ1n) is 11.8. The minimum Gasteiger partial charge on any atom is -0.278 e. The van der Waals surface area contributed by atoms with E-state index in [1.807, 2.05) is 30.3 Å². The van der Waals surface area contributed by atoms with E-state index in [0.717, 1.165) is 4.70 Å². The summed E-state index contributed by atoms with van der Waals surface area (Å²) in [6.45, 7) is 2.24. The van der Waals surface area contributed by atoms with Gasteiger partial charge in [0.2, 0.25) is 0 Å². The van der Waals surface area contributed by atoms with Crippen LogP contribution in [0.2, 0.25) is 5.02 Å². The fraction of sp³-hybridized carbons (Fsp3) is 0.107. The molecule has 0 radical (unpaired) electrons. The van der Waals surface area contributed by atoms with Gasteiger partial charge in [0.1, 0.15) is 5.52 Å². The molecule has 0 aliphatic rings. The van der Waals surface area contributed by atoms with Crippen molar-refractivity contribution in [3.05, 3.63) is 113 Å². The van der Waals surface area contributed by atoms with Crippen molar-refractivity contribution in [2.75, 3.05) is 15.7 Å². The first-order valence-corrected chi connectivity index (χ1v) is 14.5. The Kier molecular flexibility index (Phi) is 7.42. The summed E-state index contributed by atoms with van der Waals surface area (Å²) in [6.07, 6.45) is 1.67. The summed E-state index contributed by atoms with van der Waals surface area (Å²) < 4.78 is 28.9. The molecule has 0 aliphatic carbocycles. The Bertz CT molecular complexity index is 1680. The lowest BCUT2D eigenvalue weighted by Crippen LogP contribution is -2.32. The number of nitrogens with zero attached hydrogens (tertiary/aromatic N) is 4. The maximum absolute atomic E-state index is 13.8. The van der Waals surface area contributed by atoms with Gasteiger partial charge in [0.25, 0.3) is 15.9 Å². The number of hydrogen-bond acceptors (Lipinski definition) is 6. The van der Waals surface area contributed by atoms with Crippen molar-refractivity contribution in [2.45, 2.75) is 18.4 Å². The Morgan fingerprint density at radius 3 is 2.32 bits per heavy atom. The van der Waals surface area contributed by atoms with Crippen molar-refractivity contribution < 1.29 is 13.2 Å². The molecular formula is C28H23ClN4O3S2. The molecule has 0 saturated carbocycles. The highest BCUT2D eigenvalue weighted by molar-refractivity contribution is 7.92. The fourth-order valence-corrected chi connectivity index (χ4v) is 6.77. The molecule has 2 aromatic heterocycles. The molecular weight excluding hydrogens is 540 g/mol. The maximum Gasteiger partial charge on any atom is 0.264 e. The van der Waals surface area contributed by atoms with Crippen LogP contribution in [-0.2, 0) is 16.6 Å². The summed E-state index contributed by atoms with van der Waals surface area (Å²) in [6, 6.07) is 25.9. The average molecular weight is 563 g/mol. The SMILES string of the molecule is CCN(c1ccccc1)S(=O)(=O)c1ccc(C(=O)N(Cc2ccccn2)c2nc3c(Cl)cccc3s2)cc1. The van der Waals surface area contributed by atoms with Gasteiger partial charge in [0.05, 0.1) is 32.5 Å². The molecule has 0 saturated heterocycles. The molecule has 0 bridgehead atoms. The van der Waals surface area contributed by atoms with E-state index in [0.29, 0.717) is 32.6 Å². The normalized spacial score (nSPS) is 11.4. The van der Waals surface area contributed by atoms with Gasteiger partial charge in [-0.3, -0.25) is 19.0 Å². The Balaban J connectivity index is 1.49. The number of sulfonamides is 1. The number of rotatable bonds is 8. The zero-order chi connectivity index (χ0) is 26.7. The summed E-state index contributed by atoms with van der Waals surface area (Å²) in [5.74, 6) is -0.329. The Morgan fingerprint density at radius 2 is 1.66 bits per heavy atom. The molecule has 0 N–H and O–H groups in total. The van der Waals surface area contributed by atoms with Gasteiger partial charge < -0.3 is 0 Å². The van der Waals surface area contributed by atoms with Gasteiger partial charge in [0.15, 0.2) is 5.13 Å². The Hall–Kier alpha value is -3.79. The van der Waals surface area contributed by atoms with Crippen LogP contribution in [0, 0.1) is 0 Å². The lowest BCUT2D eigenvalue weighted by Gasteiger charge is -2.23. The van der Waals surface area contributed by atoms with Crippen LogP contribution in [0.5, 0.6) is 0 Å². The fourth-order valence-electron chi connectivity index (χ4n) is 4.04. The summed E-state index contributed by atoms with van der Waals surface area (Å²) >= 11 is 7.69. The molecule has 2 heterocycles. The second-order valence-corrected chi connectivity index (χ2v) is 11.6. The highest BCUT2D eigenvalue weighted by Crippen LogP contribution is 2.34. The first kappa shape index (κ1) is 25.8. The van der Waals surface area contributed by atoms with Crippen molar-refractivity contribution in [3.8, 4) is 0 Å². The molecule has 3 aromatic carbocycles. The van der Waals surface area contributed by atoms with Gasteiger partial charge in [-0.15, -0.1) is 0 Å². The number of halogens is 1. The molecule has 5 aromatic rings. The van der Waals surface area contributed by atoms with Gasteiger partial charge in [-0.2, -0.15) is 0 Å². The van der Waals surface area contributed by atoms with Crippen LogP contribution in [0.25, 0.3) is 10.2 Å². The zero-order valence-electron chi connectivity index (χ0n) is 20.4. The molecule has 38 heavy (non-hydrogen) atoms. The summed E-state index contributed by atoms with van der Waals surface area (Å²) in [5.41, 5.74) is 2.21. The number of thiazole rings is 1. The summed E-state index contributed by atoms with van der Waals surface area (Å²) in [4.78, 5) is 24.4. The molecule has 10 heteroatoms. The van der Waals surface area contributed by atoms with Crippen LogP contribution in [0.15, 0.2) is 102 Å². The first-order chi connectivity index (χ1) is 18.4. The van der Waals surface area contributed by atoms with Crippen LogP contribution in [0.4, 0.5) is 10.8 Å². The Labute approximate surface area is 230 Å². The highest BCUT2D eigenvalue weighted by Gasteiger charge is 2.26. The molecule has 0 fully saturated rings. The topological polar surface area (TPSA) is 83.5 Å². The van der Waals surface area contributed by atoms with Crippen LogP contribution in [-0.4, -0.2) is 30.8 Å². The number of amides is 1. The van der Waals surface area contributed by atoms with Crippen LogP contribution in [0.3, 0.4) is 0 Å². The maximum atomic E-state index is 13.8. The Morgan fingerprint density at radius 1 is 0.921 bits per heavy atom. The number of benzene rings is 3. The van der Waals surface area contributed by atoms with E-state index < -0.39 is 10.0 Å². The number of carbonyl (C=O) groups excluding carboxylic acids is 1. The predicted octanol–water partition coefficient (Wildman–Crippen LogP) is 6.41. The van der Waals surface area contributed by atoms with Crippen molar-refractivity contribution >= 4 is 59.9 Å². The van der Waals surface area contributed by atoms with E-state index in [9.17, 15) is 13.2 Å². The minimum atomic E-state index is -3.82. The number of para-hydroxylation sites is 2. The molecule has 192 valence electrons. The van der Waals surface area contributed by atoms with E-state index >= 15 is 0 Å². The highest BCUT2D eigenvalue weighted by atomic mass is 35.5. The third-order valence-electron chi connectivity index (χ3n) is 5.90. The van der Waals surface area contributed by atoms with Gasteiger partial charge in [-0.1, -0.05) is 53.3 Å². The molecule has 1 amide bonds. The molecule has 0 atom stereocenters. The number of aromatic nitrogens is 2. The molecule has 0 spiro atoms. The minimum absolute atomic E-state index is 0.0998. The van der Waals surface area contributed by atoms with Crippen LogP contribution < -0.4 is 9.21 Å². The number of anilines is 2. The smallest absolute Gasteiger partial charge is 0.264 e. The summed E-state index contributed by atoms with van der Waals surface area (Å²) in [7, 11) is -3.82. The van der Waals surface area contributed by atoms with Crippen molar-refractivity contribution in [3.63, 3.8) is 0 Å². The quantitative estimate of drug-likeness (QED) is 0.218. The van der Waals surface area contributed by atoms with E-state index in [2.05, 4.69) is 9.97 Å². The van der Waals surface area contributed by atoms with E-state index in [4.69, 9.17) is 11.6 Å². The lowest BCUT2D eigenvalue weighted by molar-refractivity contribution is 0.0984. The standard InChI is InChI=1S/C28H23ClN4O3S2/c1-2-33(22-10-4-3-5-11-22)38(35,36)23-16-14-20(15-17-23)27(34)32(19-21-9-6-7-18-30-21)28-31-26-24(29)12-8-13-25(26)37-28/h3-18H,2,19H2,1H3. The largest absolute Gasteiger partial charge is 0.278 e. The van der Waals surface area contributed by atoms with Crippen LogP contribution >= 0.6 is 22.9 Å². The monoisotopic (exact) mass is 562 g/mol. The van der Waals surface area contributed by atoms with E-state index in [1.165, 1.54) is 44.8 Å². The van der Waals surface area contributed by atoms with Gasteiger partial charge in [-0.05, 0) is 67.6 Å². The lowest BCUT2D eigenvalue weighted by atomic mass is 10.2. The van der Waals surface area contributed by atoms with E-state index in [-0.39, 0.29) is 23.9 Å². The van der Waals surface area contributed by atoms with E-state index in [1.54, 1.807) is 49.5 Å². The summed E-state index contributed by atoms with van der Waals surface area (Å²) in [5, 5.41) is 0.977.